The first kappa shape index (κ1) is 15.9. The molecule has 1 N–H and O–H groups in total. The Kier molecular flexibility index (Phi) is 3.89. The molecule has 2 aromatic heterocycles. The van der Waals surface area contributed by atoms with Crippen LogP contribution in [0.15, 0.2) is 38.1 Å². The van der Waals surface area contributed by atoms with Crippen molar-refractivity contribution < 1.29 is 23.5 Å². The van der Waals surface area contributed by atoms with Crippen molar-refractivity contribution in [3.63, 3.8) is 0 Å². The minimum Gasteiger partial charge on any atom is -0.508 e. The van der Waals surface area contributed by atoms with Gasteiger partial charge in [0.25, 0.3) is 0 Å². The largest absolute Gasteiger partial charge is 0.508 e. The number of ether oxygens (including phenoxy) is 1. The van der Waals surface area contributed by atoms with Crippen molar-refractivity contribution in [3.05, 3.63) is 51.8 Å². The second kappa shape index (κ2) is 5.88. The molecule has 0 radical (unpaired) electrons. The van der Waals surface area contributed by atoms with Crippen LogP contribution < -0.4 is 5.43 Å². The molecule has 0 unspecified atom stereocenters. The molecular formula is C18H16O6. The highest BCUT2D eigenvalue weighted by Gasteiger charge is 2.19. The number of carbonyl (C=O) groups excluding carboxylic acids is 1. The third kappa shape index (κ3) is 2.46. The molecule has 0 saturated heterocycles. The Morgan fingerprint density at radius 2 is 2.00 bits per heavy atom. The summed E-state index contributed by atoms with van der Waals surface area (Å²) in [7, 11) is 1.25. The summed E-state index contributed by atoms with van der Waals surface area (Å²) >= 11 is 0. The SMILES string of the molecule is CCc1cc2c(=O)c(-c3cc(C(=O)OC)oc3C)coc2cc1O. The number of fused-ring (bicyclic) bond motifs is 1. The van der Waals surface area contributed by atoms with Crippen LogP contribution in [0.25, 0.3) is 22.1 Å². The van der Waals surface area contributed by atoms with E-state index < -0.39 is 5.97 Å². The van der Waals surface area contributed by atoms with E-state index >= 15 is 0 Å². The van der Waals surface area contributed by atoms with Gasteiger partial charge in [-0.3, -0.25) is 4.79 Å². The fraction of sp³-hybridized carbons (Fsp3) is 0.222. The standard InChI is InChI=1S/C18H16O6/c1-4-10-5-12-15(7-14(10)19)23-8-13(17(12)20)11-6-16(18(21)22-3)24-9(11)2/h5-8,19H,4H2,1-3H3. The topological polar surface area (TPSA) is 89.9 Å². The number of hydrogen-bond acceptors (Lipinski definition) is 6. The van der Waals surface area contributed by atoms with Crippen molar-refractivity contribution in [1.82, 2.24) is 0 Å². The maximum Gasteiger partial charge on any atom is 0.373 e. The Bertz CT molecular complexity index is 993. The van der Waals surface area contributed by atoms with Gasteiger partial charge in [0.1, 0.15) is 23.4 Å². The molecule has 0 aliphatic carbocycles. The summed E-state index contributed by atoms with van der Waals surface area (Å²) in [5, 5.41) is 10.3. The van der Waals surface area contributed by atoms with Crippen LogP contribution in [0, 0.1) is 6.92 Å². The fourth-order valence-corrected chi connectivity index (χ4v) is 2.63. The average molecular weight is 328 g/mol. The van der Waals surface area contributed by atoms with Crippen molar-refractivity contribution in [3.8, 4) is 16.9 Å². The van der Waals surface area contributed by atoms with Gasteiger partial charge in [-0.05, 0) is 31.0 Å². The van der Waals surface area contributed by atoms with Crippen LogP contribution in [0.3, 0.4) is 0 Å². The number of carbonyl (C=O) groups is 1. The van der Waals surface area contributed by atoms with Crippen molar-refractivity contribution in [2.75, 3.05) is 7.11 Å². The van der Waals surface area contributed by atoms with E-state index in [1.165, 1.54) is 25.5 Å². The fourth-order valence-electron chi connectivity index (χ4n) is 2.63. The van der Waals surface area contributed by atoms with Crippen molar-refractivity contribution >= 4 is 16.9 Å². The van der Waals surface area contributed by atoms with Crippen LogP contribution in [0.4, 0.5) is 0 Å². The molecule has 24 heavy (non-hydrogen) atoms. The summed E-state index contributed by atoms with van der Waals surface area (Å²) in [6, 6.07) is 4.51. The highest BCUT2D eigenvalue weighted by atomic mass is 16.5. The van der Waals surface area contributed by atoms with Crippen molar-refractivity contribution in [1.29, 1.82) is 0 Å². The number of hydrogen-bond donors (Lipinski definition) is 1. The second-order valence-corrected chi connectivity index (χ2v) is 5.38. The van der Waals surface area contributed by atoms with E-state index in [0.717, 1.165) is 0 Å². The zero-order valence-electron chi connectivity index (χ0n) is 13.5. The lowest BCUT2D eigenvalue weighted by Crippen LogP contribution is -2.05. The van der Waals surface area contributed by atoms with E-state index in [9.17, 15) is 14.7 Å². The molecule has 0 fully saturated rings. The summed E-state index contributed by atoms with van der Waals surface area (Å²) in [6.07, 6.45) is 1.89. The van der Waals surface area contributed by atoms with Crippen LogP contribution in [0.5, 0.6) is 5.75 Å². The second-order valence-electron chi connectivity index (χ2n) is 5.38. The quantitative estimate of drug-likeness (QED) is 0.741. The Morgan fingerprint density at radius 1 is 1.25 bits per heavy atom. The van der Waals surface area contributed by atoms with Gasteiger partial charge in [0.2, 0.25) is 11.2 Å². The number of esters is 1. The van der Waals surface area contributed by atoms with E-state index in [0.29, 0.717) is 34.3 Å². The number of phenols is 1. The van der Waals surface area contributed by atoms with Gasteiger partial charge in [0.05, 0.1) is 18.1 Å². The van der Waals surface area contributed by atoms with Crippen molar-refractivity contribution in [2.45, 2.75) is 20.3 Å². The van der Waals surface area contributed by atoms with Crippen LogP contribution in [-0.4, -0.2) is 18.2 Å². The first-order valence-corrected chi connectivity index (χ1v) is 7.42. The summed E-state index contributed by atoms with van der Waals surface area (Å²) < 4.78 is 15.5. The number of rotatable bonds is 3. The van der Waals surface area contributed by atoms with Crippen LogP contribution in [-0.2, 0) is 11.2 Å². The molecule has 0 amide bonds. The van der Waals surface area contributed by atoms with Crippen LogP contribution >= 0.6 is 0 Å². The molecule has 6 heteroatoms. The predicted octanol–water partition coefficient (Wildman–Crippen LogP) is 3.42. The van der Waals surface area contributed by atoms with Crippen LogP contribution in [0.1, 0.15) is 28.8 Å². The number of benzene rings is 1. The molecule has 0 aliphatic rings. The minimum atomic E-state index is -0.618. The smallest absolute Gasteiger partial charge is 0.373 e. The van der Waals surface area contributed by atoms with Gasteiger partial charge in [-0.1, -0.05) is 6.92 Å². The summed E-state index contributed by atoms with van der Waals surface area (Å²) in [4.78, 5) is 24.4. The molecule has 0 bridgehead atoms. The number of aromatic hydroxyl groups is 1. The van der Waals surface area contributed by atoms with Gasteiger partial charge in [0.15, 0.2) is 0 Å². The first-order chi connectivity index (χ1) is 11.5. The molecule has 0 saturated carbocycles. The third-order valence-corrected chi connectivity index (χ3v) is 3.95. The van der Waals surface area contributed by atoms with E-state index in [1.54, 1.807) is 13.0 Å². The number of methoxy groups -OCH3 is 1. The Hall–Kier alpha value is -3.02. The zero-order valence-corrected chi connectivity index (χ0v) is 13.5. The average Bonchev–Trinajstić information content (AvgIpc) is 2.95. The minimum absolute atomic E-state index is 0.0180. The van der Waals surface area contributed by atoms with E-state index in [-0.39, 0.29) is 22.5 Å². The Morgan fingerprint density at radius 3 is 2.67 bits per heavy atom. The molecule has 3 aromatic rings. The lowest BCUT2D eigenvalue weighted by molar-refractivity contribution is 0.0563. The van der Waals surface area contributed by atoms with Crippen molar-refractivity contribution in [2.24, 2.45) is 0 Å². The maximum atomic E-state index is 12.8. The predicted molar refractivity (Wildman–Crippen MR) is 87.3 cm³/mol. The Labute approximate surface area is 137 Å². The van der Waals surface area contributed by atoms with E-state index in [2.05, 4.69) is 4.74 Å². The Balaban J connectivity index is 2.23. The highest BCUT2D eigenvalue weighted by Crippen LogP contribution is 2.29. The molecule has 3 rings (SSSR count). The first-order valence-electron chi connectivity index (χ1n) is 7.42. The lowest BCUT2D eigenvalue weighted by Gasteiger charge is -2.05. The summed E-state index contributed by atoms with van der Waals surface area (Å²) in [6.45, 7) is 3.54. The van der Waals surface area contributed by atoms with Gasteiger partial charge in [-0.2, -0.15) is 0 Å². The van der Waals surface area contributed by atoms with Gasteiger partial charge in [-0.25, -0.2) is 4.79 Å². The summed E-state index contributed by atoms with van der Waals surface area (Å²) in [5.74, 6) is -0.0953. The zero-order chi connectivity index (χ0) is 17.4. The van der Waals surface area contributed by atoms with Crippen LogP contribution in [0.2, 0.25) is 0 Å². The van der Waals surface area contributed by atoms with E-state index in [1.807, 2.05) is 6.92 Å². The number of phenolic OH excluding ortho intramolecular Hbond substituents is 1. The van der Waals surface area contributed by atoms with Gasteiger partial charge >= 0.3 is 5.97 Å². The molecule has 2 heterocycles. The van der Waals surface area contributed by atoms with Gasteiger partial charge in [0, 0.05) is 11.6 Å². The number of furan rings is 1. The van der Waals surface area contributed by atoms with E-state index in [4.69, 9.17) is 8.83 Å². The molecule has 1 aromatic carbocycles. The normalized spacial score (nSPS) is 11.0. The van der Waals surface area contributed by atoms with Gasteiger partial charge in [-0.15, -0.1) is 0 Å². The molecule has 6 nitrogen and oxygen atoms in total. The molecule has 0 aliphatic heterocycles. The molecule has 124 valence electrons. The summed E-state index contributed by atoms with van der Waals surface area (Å²) in [5.41, 5.74) is 1.45. The van der Waals surface area contributed by atoms with Gasteiger partial charge < -0.3 is 18.7 Å². The lowest BCUT2D eigenvalue weighted by atomic mass is 10.0. The molecule has 0 atom stereocenters. The third-order valence-electron chi connectivity index (χ3n) is 3.95. The molecular weight excluding hydrogens is 312 g/mol. The number of aryl methyl sites for hydroxylation is 2. The highest BCUT2D eigenvalue weighted by molar-refractivity contribution is 5.89. The maximum absolute atomic E-state index is 12.8. The molecule has 0 spiro atoms. The monoisotopic (exact) mass is 328 g/mol.